The van der Waals surface area contributed by atoms with Crippen LogP contribution in [0.1, 0.15) is 54.7 Å². The second kappa shape index (κ2) is 5.46. The molecular weight excluding hydrogens is 279 g/mol. The van der Waals surface area contributed by atoms with Crippen molar-refractivity contribution in [3.8, 4) is 12.3 Å². The van der Waals surface area contributed by atoms with Gasteiger partial charge in [0, 0.05) is 11.9 Å². The van der Waals surface area contributed by atoms with Gasteiger partial charge in [-0.15, -0.1) is 6.42 Å². The molecule has 1 heterocycles. The summed E-state index contributed by atoms with van der Waals surface area (Å²) in [6, 6.07) is 3.47. The molecule has 1 aromatic rings. The zero-order valence-electron chi connectivity index (χ0n) is 13.7. The van der Waals surface area contributed by atoms with E-state index in [1.54, 1.807) is 13.0 Å². The van der Waals surface area contributed by atoms with E-state index >= 15 is 0 Å². The summed E-state index contributed by atoms with van der Waals surface area (Å²) in [5.74, 6) is 1.56. The number of carboxylic acid groups (broad SMARTS) is 1. The number of hydrogen-bond acceptors (Lipinski definition) is 3. The van der Waals surface area contributed by atoms with Gasteiger partial charge in [0.25, 0.3) is 0 Å². The molecule has 0 unspecified atom stereocenters. The zero-order chi connectivity index (χ0) is 16.7. The third kappa shape index (κ3) is 2.90. The van der Waals surface area contributed by atoms with Crippen LogP contribution in [-0.2, 0) is 15.6 Å². The Bertz CT molecular complexity index is 639. The summed E-state index contributed by atoms with van der Waals surface area (Å²) in [5.41, 5.74) is 1.40. The molecule has 116 valence electrons. The van der Waals surface area contributed by atoms with Gasteiger partial charge in [0.1, 0.15) is 0 Å². The van der Waals surface area contributed by atoms with Crippen LogP contribution < -0.4 is 0 Å². The molecule has 0 bridgehead atoms. The largest absolute Gasteiger partial charge is 0.478 e. The molecule has 0 amide bonds. The summed E-state index contributed by atoms with van der Waals surface area (Å²) < 4.78 is 11.9. The third-order valence-electron chi connectivity index (χ3n) is 4.56. The summed E-state index contributed by atoms with van der Waals surface area (Å²) in [6.07, 6.45) is 5.94. The maximum absolute atomic E-state index is 11.4. The van der Waals surface area contributed by atoms with Crippen molar-refractivity contribution in [2.75, 3.05) is 0 Å². The van der Waals surface area contributed by atoms with Gasteiger partial charge in [0.15, 0.2) is 0 Å². The number of aromatic carboxylic acids is 1. The first-order chi connectivity index (χ1) is 10.1. The predicted octanol–water partition coefficient (Wildman–Crippen LogP) is 2.85. The van der Waals surface area contributed by atoms with Crippen molar-refractivity contribution in [1.29, 1.82) is 0 Å². The molecule has 0 radical (unpaired) electrons. The molecular formula is C17H21BO4. The Hall–Kier alpha value is -1.77. The van der Waals surface area contributed by atoms with E-state index in [9.17, 15) is 9.90 Å². The van der Waals surface area contributed by atoms with Crippen LogP contribution in [0.15, 0.2) is 12.1 Å². The molecule has 0 spiro atoms. The summed E-state index contributed by atoms with van der Waals surface area (Å²) in [4.78, 5) is 11.4. The molecule has 0 aliphatic carbocycles. The van der Waals surface area contributed by atoms with Crippen LogP contribution in [0.4, 0.5) is 0 Å². The van der Waals surface area contributed by atoms with Gasteiger partial charge >= 0.3 is 13.1 Å². The Morgan fingerprint density at radius 3 is 2.27 bits per heavy atom. The highest BCUT2D eigenvalue weighted by Crippen LogP contribution is 2.37. The standard InChI is InChI=1S/C17H21BO4/c1-7-13-8-12(9-14(11(13)2)15(19)20)10-18-21-16(3,4)17(5,6)22-18/h1,8-9H,10H2,2-6H3,(H,19,20). The van der Waals surface area contributed by atoms with E-state index < -0.39 is 24.3 Å². The first-order valence-corrected chi connectivity index (χ1v) is 7.26. The first-order valence-electron chi connectivity index (χ1n) is 7.26. The van der Waals surface area contributed by atoms with Gasteiger partial charge in [-0.2, -0.15) is 0 Å². The summed E-state index contributed by atoms with van der Waals surface area (Å²) in [7, 11) is -0.417. The van der Waals surface area contributed by atoms with E-state index in [2.05, 4.69) is 5.92 Å². The van der Waals surface area contributed by atoms with Gasteiger partial charge in [0.2, 0.25) is 0 Å². The van der Waals surface area contributed by atoms with Gasteiger partial charge in [-0.1, -0.05) is 5.92 Å². The maximum atomic E-state index is 11.4. The van der Waals surface area contributed by atoms with Gasteiger partial charge in [-0.05, 0) is 57.9 Å². The fourth-order valence-corrected chi connectivity index (χ4v) is 2.50. The Morgan fingerprint density at radius 1 is 1.27 bits per heavy atom. The molecule has 0 atom stereocenters. The number of terminal acetylenes is 1. The fourth-order valence-electron chi connectivity index (χ4n) is 2.50. The van der Waals surface area contributed by atoms with E-state index in [-0.39, 0.29) is 5.56 Å². The van der Waals surface area contributed by atoms with E-state index in [0.717, 1.165) is 5.56 Å². The van der Waals surface area contributed by atoms with Crippen LogP contribution in [-0.4, -0.2) is 29.4 Å². The van der Waals surface area contributed by atoms with Crippen LogP contribution in [0, 0.1) is 19.3 Å². The molecule has 1 aliphatic heterocycles. The van der Waals surface area contributed by atoms with Crippen LogP contribution in [0.2, 0.25) is 0 Å². The Labute approximate surface area is 132 Å². The minimum Gasteiger partial charge on any atom is -0.478 e. The lowest BCUT2D eigenvalue weighted by Crippen LogP contribution is -2.41. The minimum absolute atomic E-state index is 0.224. The van der Waals surface area contributed by atoms with Gasteiger partial charge in [0.05, 0.1) is 16.8 Å². The average molecular weight is 300 g/mol. The average Bonchev–Trinajstić information content (AvgIpc) is 2.58. The first kappa shape index (κ1) is 16.6. The number of hydrogen-bond donors (Lipinski definition) is 1. The van der Waals surface area contributed by atoms with E-state index in [0.29, 0.717) is 17.4 Å². The lowest BCUT2D eigenvalue weighted by atomic mass is 9.79. The molecule has 2 rings (SSSR count). The van der Waals surface area contributed by atoms with Crippen molar-refractivity contribution >= 4 is 13.1 Å². The number of benzene rings is 1. The lowest BCUT2D eigenvalue weighted by Gasteiger charge is -2.32. The third-order valence-corrected chi connectivity index (χ3v) is 4.56. The SMILES string of the molecule is C#Cc1cc(CB2OC(C)(C)C(C)(C)O2)cc(C(=O)O)c1C. The van der Waals surface area contributed by atoms with Gasteiger partial charge < -0.3 is 14.4 Å². The molecule has 4 nitrogen and oxygen atoms in total. The van der Waals surface area contributed by atoms with Crippen molar-refractivity contribution < 1.29 is 19.2 Å². The topological polar surface area (TPSA) is 55.8 Å². The second-order valence-electron chi connectivity index (χ2n) is 6.66. The molecule has 22 heavy (non-hydrogen) atoms. The molecule has 5 heteroatoms. The minimum atomic E-state index is -0.982. The highest BCUT2D eigenvalue weighted by atomic mass is 16.7. The molecule has 1 aliphatic rings. The Balaban J connectivity index is 2.30. The monoisotopic (exact) mass is 300 g/mol. The van der Waals surface area contributed by atoms with Crippen molar-refractivity contribution in [3.63, 3.8) is 0 Å². The quantitative estimate of drug-likeness (QED) is 0.689. The van der Waals surface area contributed by atoms with Crippen LogP contribution in [0.5, 0.6) is 0 Å². The highest BCUT2D eigenvalue weighted by Gasteiger charge is 2.50. The van der Waals surface area contributed by atoms with Crippen molar-refractivity contribution in [2.24, 2.45) is 0 Å². The summed E-state index contributed by atoms with van der Waals surface area (Å²) in [5, 5.41) is 9.31. The molecule has 1 fully saturated rings. The fraction of sp³-hybridized carbons (Fsp3) is 0.471. The second-order valence-corrected chi connectivity index (χ2v) is 6.66. The molecule has 1 aromatic carbocycles. The molecule has 1 saturated heterocycles. The zero-order valence-corrected chi connectivity index (χ0v) is 13.7. The summed E-state index contributed by atoms with van der Waals surface area (Å²) in [6.45, 7) is 9.65. The van der Waals surface area contributed by atoms with Crippen molar-refractivity contribution in [2.45, 2.75) is 52.1 Å². The van der Waals surface area contributed by atoms with Crippen molar-refractivity contribution in [3.05, 3.63) is 34.4 Å². The normalized spacial score (nSPS) is 19.0. The van der Waals surface area contributed by atoms with Crippen LogP contribution in [0.25, 0.3) is 0 Å². The van der Waals surface area contributed by atoms with Crippen LogP contribution in [0.3, 0.4) is 0 Å². The smallest absolute Gasteiger partial charge is 0.462 e. The van der Waals surface area contributed by atoms with Gasteiger partial charge in [-0.25, -0.2) is 4.79 Å². The highest BCUT2D eigenvalue weighted by molar-refractivity contribution is 6.45. The van der Waals surface area contributed by atoms with E-state index in [4.69, 9.17) is 15.7 Å². The lowest BCUT2D eigenvalue weighted by molar-refractivity contribution is 0.00578. The number of carbonyl (C=O) groups is 1. The van der Waals surface area contributed by atoms with Gasteiger partial charge in [-0.3, -0.25) is 0 Å². The molecule has 1 N–H and O–H groups in total. The summed E-state index contributed by atoms with van der Waals surface area (Å²) >= 11 is 0. The molecule has 0 aromatic heterocycles. The Morgan fingerprint density at radius 2 is 1.82 bits per heavy atom. The predicted molar refractivity (Wildman–Crippen MR) is 85.9 cm³/mol. The number of carboxylic acids is 1. The van der Waals surface area contributed by atoms with Crippen molar-refractivity contribution in [1.82, 2.24) is 0 Å². The van der Waals surface area contributed by atoms with E-state index in [1.165, 1.54) is 0 Å². The molecule has 0 saturated carbocycles. The number of rotatable bonds is 3. The Kier molecular flexibility index (Phi) is 4.12. The maximum Gasteiger partial charge on any atom is 0.462 e. The van der Waals surface area contributed by atoms with E-state index in [1.807, 2.05) is 33.8 Å². The van der Waals surface area contributed by atoms with Crippen LogP contribution >= 0.6 is 0 Å².